The number of nitrogens with two attached hydrogens (primary N) is 1. The Morgan fingerprint density at radius 3 is 2.55 bits per heavy atom. The number of amides is 1. The molecule has 12 heteroatoms. The number of aryl methyl sites for hydroxylation is 1. The Morgan fingerprint density at radius 2 is 1.91 bits per heavy atom. The number of H-pyrrole nitrogens is 1. The summed E-state index contributed by atoms with van der Waals surface area (Å²) in [5.41, 5.74) is 7.20. The van der Waals surface area contributed by atoms with E-state index in [0.717, 1.165) is 12.0 Å². The van der Waals surface area contributed by atoms with Crippen LogP contribution < -0.4 is 21.9 Å². The summed E-state index contributed by atoms with van der Waals surface area (Å²) < 4.78 is 0. The molecule has 0 bridgehead atoms. The van der Waals surface area contributed by atoms with Gasteiger partial charge in [0.15, 0.2) is 0 Å². The number of carboxylic acid groups (broad SMARTS) is 2. The second kappa shape index (κ2) is 11.8. The number of rotatable bonds is 9. The number of nitrogens with one attached hydrogen (secondary N) is 3. The van der Waals surface area contributed by atoms with Gasteiger partial charge < -0.3 is 26.6 Å². The van der Waals surface area contributed by atoms with Crippen molar-refractivity contribution in [3.8, 4) is 0 Å². The van der Waals surface area contributed by atoms with Crippen molar-refractivity contribution >= 4 is 59.2 Å². The number of aromatic nitrogens is 2. The number of anilines is 2. The van der Waals surface area contributed by atoms with Gasteiger partial charge in [-0.1, -0.05) is 12.1 Å². The molecule has 2 unspecified atom stereocenters. The van der Waals surface area contributed by atoms with Crippen LogP contribution in [0.15, 0.2) is 29.1 Å². The fourth-order valence-electron chi connectivity index (χ4n) is 3.74. The zero-order valence-electron chi connectivity index (χ0n) is 18.3. The van der Waals surface area contributed by atoms with Gasteiger partial charge in [-0.15, -0.1) is 0 Å². The number of hydrogen-bond donors (Lipinski definition) is 6. The van der Waals surface area contributed by atoms with Gasteiger partial charge in [-0.3, -0.25) is 19.4 Å². The summed E-state index contributed by atoms with van der Waals surface area (Å²) in [5, 5.41) is 23.3. The van der Waals surface area contributed by atoms with Gasteiger partial charge in [0.25, 0.3) is 11.5 Å². The number of fused-ring (bicyclic) bond motifs is 1. The van der Waals surface area contributed by atoms with Crippen molar-refractivity contribution in [1.82, 2.24) is 15.3 Å². The van der Waals surface area contributed by atoms with Crippen molar-refractivity contribution in [2.75, 3.05) is 17.6 Å². The second-order valence-corrected chi connectivity index (χ2v) is 7.66. The van der Waals surface area contributed by atoms with Crippen LogP contribution in [0, 0.1) is 0 Å². The molecule has 1 aliphatic rings. The normalized spacial score (nSPS) is 15.3. The Labute approximate surface area is 211 Å². The van der Waals surface area contributed by atoms with E-state index in [2.05, 4.69) is 20.6 Å². The van der Waals surface area contributed by atoms with Crippen molar-refractivity contribution in [2.45, 2.75) is 44.1 Å². The fraction of sp³-hybridized carbons (Fsp3) is 0.381. The van der Waals surface area contributed by atoms with Crippen LogP contribution in [-0.2, 0) is 16.0 Å². The molecule has 2 heterocycles. The summed E-state index contributed by atoms with van der Waals surface area (Å²) in [6.45, 7) is 0.694. The van der Waals surface area contributed by atoms with Gasteiger partial charge >= 0.3 is 11.9 Å². The van der Waals surface area contributed by atoms with E-state index in [1.165, 1.54) is 0 Å². The molecule has 0 saturated heterocycles. The maximum Gasteiger partial charge on any atom is 0.326 e. The van der Waals surface area contributed by atoms with Gasteiger partial charge in [-0.25, -0.2) is 4.79 Å². The molecule has 0 aliphatic carbocycles. The Morgan fingerprint density at radius 1 is 1.21 bits per heavy atom. The summed E-state index contributed by atoms with van der Waals surface area (Å²) in [5.74, 6) is -2.39. The van der Waals surface area contributed by atoms with Crippen molar-refractivity contribution in [3.05, 3.63) is 51.3 Å². The van der Waals surface area contributed by atoms with Crippen LogP contribution in [0.4, 0.5) is 11.8 Å². The SMILES string of the molecule is Nc1nc2c(c(=O)[nH]1)C(CCc1ccc(C(=O)NC(CCC(=O)O)C(=O)O)cc1)CCN2.[Na]. The number of hydrogen-bond acceptors (Lipinski definition) is 7. The molecule has 2 atom stereocenters. The average molecular weight is 466 g/mol. The summed E-state index contributed by atoms with van der Waals surface area (Å²) >= 11 is 0. The van der Waals surface area contributed by atoms with Crippen molar-refractivity contribution in [3.63, 3.8) is 0 Å². The molecule has 0 spiro atoms. The van der Waals surface area contributed by atoms with Gasteiger partial charge in [0.05, 0.1) is 5.56 Å². The molecule has 33 heavy (non-hydrogen) atoms. The first-order chi connectivity index (χ1) is 15.2. The topological polar surface area (TPSA) is 187 Å². The molecule has 1 aromatic carbocycles. The molecule has 2 aromatic rings. The van der Waals surface area contributed by atoms with E-state index >= 15 is 0 Å². The van der Waals surface area contributed by atoms with E-state index in [4.69, 9.17) is 10.8 Å². The molecule has 7 N–H and O–H groups in total. The summed E-state index contributed by atoms with van der Waals surface area (Å²) in [6.07, 6.45) is 1.61. The van der Waals surface area contributed by atoms with E-state index in [-0.39, 0.29) is 65.4 Å². The van der Waals surface area contributed by atoms with E-state index < -0.39 is 23.9 Å². The van der Waals surface area contributed by atoms with Gasteiger partial charge in [0, 0.05) is 48.1 Å². The monoisotopic (exact) mass is 466 g/mol. The van der Waals surface area contributed by atoms with Gasteiger partial charge in [0.1, 0.15) is 11.9 Å². The Balaban J connectivity index is 0.00000385. The third-order valence-corrected chi connectivity index (χ3v) is 5.41. The zero-order chi connectivity index (χ0) is 23.3. The summed E-state index contributed by atoms with van der Waals surface area (Å²) in [6, 6.07) is 5.45. The maximum absolute atomic E-state index is 12.3. The number of nitrogens with zero attached hydrogens (tertiary/aromatic N) is 1. The number of nitrogen functional groups attached to an aromatic ring is 1. The van der Waals surface area contributed by atoms with Crippen molar-refractivity contribution in [2.24, 2.45) is 0 Å². The number of benzene rings is 1. The van der Waals surface area contributed by atoms with Crippen LogP contribution in [-0.4, -0.2) is 80.2 Å². The first-order valence-corrected chi connectivity index (χ1v) is 10.2. The van der Waals surface area contributed by atoms with E-state index in [0.29, 0.717) is 30.8 Å². The molecule has 11 nitrogen and oxygen atoms in total. The van der Waals surface area contributed by atoms with Gasteiger partial charge in [-0.05, 0) is 49.3 Å². The second-order valence-electron chi connectivity index (χ2n) is 7.66. The van der Waals surface area contributed by atoms with Crippen LogP contribution in [0.5, 0.6) is 0 Å². The molecular formula is C21H25N5NaO6. The number of aromatic amines is 1. The smallest absolute Gasteiger partial charge is 0.326 e. The summed E-state index contributed by atoms with van der Waals surface area (Å²) in [7, 11) is 0. The number of carbonyl (C=O) groups is 3. The van der Waals surface area contributed by atoms with Gasteiger partial charge in [0.2, 0.25) is 5.95 Å². The molecule has 1 radical (unpaired) electrons. The van der Waals surface area contributed by atoms with Crippen molar-refractivity contribution < 1.29 is 24.6 Å². The largest absolute Gasteiger partial charge is 0.481 e. The minimum atomic E-state index is -1.29. The van der Waals surface area contributed by atoms with Crippen molar-refractivity contribution in [1.29, 1.82) is 0 Å². The van der Waals surface area contributed by atoms with Crippen LogP contribution in [0.2, 0.25) is 0 Å². The average Bonchev–Trinajstić information content (AvgIpc) is 2.74. The standard InChI is InChI=1S/C21H25N5O6.Na/c22-21-25-17-16(19(30)26-21)12(9-10-23-17)4-1-11-2-5-13(6-3-11)18(29)24-14(20(31)32)7-8-15(27)28;/h2-3,5-6,12,14H,1,4,7-10H2,(H,24,29)(H,27,28)(H,31,32)(H4,22,23,25,26,30);. The van der Waals surface area contributed by atoms with Crippen LogP contribution in [0.1, 0.15) is 53.1 Å². The quantitative estimate of drug-likeness (QED) is 0.287. The Kier molecular flexibility index (Phi) is 9.44. The number of carboxylic acids is 2. The Bertz CT molecular complexity index is 1070. The van der Waals surface area contributed by atoms with Crippen LogP contribution in [0.3, 0.4) is 0 Å². The van der Waals surface area contributed by atoms with E-state index in [1.807, 2.05) is 0 Å². The first kappa shape index (κ1) is 26.4. The molecule has 1 amide bonds. The minimum Gasteiger partial charge on any atom is -0.481 e. The first-order valence-electron chi connectivity index (χ1n) is 10.2. The number of carbonyl (C=O) groups excluding carboxylic acids is 1. The third-order valence-electron chi connectivity index (χ3n) is 5.41. The zero-order valence-corrected chi connectivity index (χ0v) is 20.3. The number of aliphatic carboxylic acids is 2. The fourth-order valence-corrected chi connectivity index (χ4v) is 3.74. The maximum atomic E-state index is 12.3. The van der Waals surface area contributed by atoms with Gasteiger partial charge in [-0.2, -0.15) is 4.98 Å². The predicted octanol–water partition coefficient (Wildman–Crippen LogP) is 0.551. The molecule has 3 rings (SSSR count). The minimum absolute atomic E-state index is 0. The predicted molar refractivity (Wildman–Crippen MR) is 121 cm³/mol. The third kappa shape index (κ3) is 7.04. The molecule has 171 valence electrons. The molecule has 0 saturated carbocycles. The van der Waals surface area contributed by atoms with Crippen LogP contribution >= 0.6 is 0 Å². The molecule has 1 aliphatic heterocycles. The Hall–Kier alpha value is -2.89. The van der Waals surface area contributed by atoms with E-state index in [1.54, 1.807) is 24.3 Å². The molecular weight excluding hydrogens is 441 g/mol. The summed E-state index contributed by atoms with van der Waals surface area (Å²) in [4.78, 5) is 53.3. The molecule has 1 aromatic heterocycles. The molecule has 0 fully saturated rings. The van der Waals surface area contributed by atoms with Crippen LogP contribution in [0.25, 0.3) is 0 Å². The van der Waals surface area contributed by atoms with E-state index in [9.17, 15) is 24.3 Å².